The summed E-state index contributed by atoms with van der Waals surface area (Å²) in [6.45, 7) is 1.78. The number of anilines is 1. The summed E-state index contributed by atoms with van der Waals surface area (Å²) >= 11 is 0. The number of phenols is 1. The Bertz CT molecular complexity index is 828. The molecule has 4 nitrogen and oxygen atoms in total. The van der Waals surface area contributed by atoms with Gasteiger partial charge in [-0.15, -0.1) is 0 Å². The molecular formula is C17H14N2O2. The maximum absolute atomic E-state index is 12.3. The fourth-order valence-corrected chi connectivity index (χ4v) is 2.15. The molecule has 0 fully saturated rings. The number of carbonyl (C=O) groups is 1. The van der Waals surface area contributed by atoms with Gasteiger partial charge in [0.2, 0.25) is 0 Å². The number of aryl methyl sites for hydroxylation is 1. The van der Waals surface area contributed by atoms with Gasteiger partial charge in [-0.3, -0.25) is 9.78 Å². The van der Waals surface area contributed by atoms with Crippen molar-refractivity contribution in [1.29, 1.82) is 0 Å². The molecule has 0 atom stereocenters. The van der Waals surface area contributed by atoms with Crippen LogP contribution < -0.4 is 5.32 Å². The third kappa shape index (κ3) is 2.69. The second-order valence-electron chi connectivity index (χ2n) is 4.87. The molecule has 1 aromatic heterocycles. The maximum Gasteiger partial charge on any atom is 0.255 e. The van der Waals surface area contributed by atoms with Gasteiger partial charge in [-0.1, -0.05) is 6.07 Å². The number of pyridine rings is 1. The average Bonchev–Trinajstić information content (AvgIpc) is 2.50. The molecule has 3 rings (SSSR count). The van der Waals surface area contributed by atoms with E-state index >= 15 is 0 Å². The zero-order valence-electron chi connectivity index (χ0n) is 11.5. The van der Waals surface area contributed by atoms with Crippen LogP contribution >= 0.6 is 0 Å². The Morgan fingerprint density at radius 2 is 2.00 bits per heavy atom. The number of aromatic nitrogens is 1. The standard InChI is InChI=1S/C17H14N2O2/c1-11-9-14(5-7-16(11)20)19-17(21)13-4-6-15-12(10-13)3-2-8-18-15/h2-10,20H,1H3,(H,19,21). The van der Waals surface area contributed by atoms with E-state index in [0.717, 1.165) is 16.5 Å². The van der Waals surface area contributed by atoms with Gasteiger partial charge in [-0.25, -0.2) is 0 Å². The average molecular weight is 278 g/mol. The second-order valence-corrected chi connectivity index (χ2v) is 4.87. The van der Waals surface area contributed by atoms with E-state index in [2.05, 4.69) is 10.3 Å². The monoisotopic (exact) mass is 278 g/mol. The molecule has 0 saturated carbocycles. The number of nitrogens with one attached hydrogen (secondary N) is 1. The molecule has 0 radical (unpaired) electrons. The molecular weight excluding hydrogens is 264 g/mol. The summed E-state index contributed by atoms with van der Waals surface area (Å²) in [5.74, 6) is 0.0237. The minimum absolute atomic E-state index is 0.189. The summed E-state index contributed by atoms with van der Waals surface area (Å²) in [5, 5.41) is 13.2. The van der Waals surface area contributed by atoms with Crippen LogP contribution in [-0.4, -0.2) is 16.0 Å². The zero-order valence-corrected chi connectivity index (χ0v) is 11.5. The largest absolute Gasteiger partial charge is 0.508 e. The molecule has 0 bridgehead atoms. The second kappa shape index (κ2) is 5.25. The fraction of sp³-hybridized carbons (Fsp3) is 0.0588. The van der Waals surface area contributed by atoms with Crippen LogP contribution in [0.25, 0.3) is 10.9 Å². The molecule has 104 valence electrons. The van der Waals surface area contributed by atoms with Gasteiger partial charge in [-0.2, -0.15) is 0 Å². The maximum atomic E-state index is 12.3. The lowest BCUT2D eigenvalue weighted by atomic mass is 10.1. The highest BCUT2D eigenvalue weighted by atomic mass is 16.3. The van der Waals surface area contributed by atoms with Gasteiger partial charge in [0.1, 0.15) is 5.75 Å². The van der Waals surface area contributed by atoms with E-state index in [-0.39, 0.29) is 11.7 Å². The number of rotatable bonds is 2. The van der Waals surface area contributed by atoms with Crippen molar-refractivity contribution in [2.24, 2.45) is 0 Å². The lowest BCUT2D eigenvalue weighted by molar-refractivity contribution is 0.102. The Morgan fingerprint density at radius 1 is 1.14 bits per heavy atom. The number of phenolic OH excluding ortho intramolecular Hbond substituents is 1. The first-order chi connectivity index (χ1) is 10.1. The summed E-state index contributed by atoms with van der Waals surface area (Å²) in [5.41, 5.74) is 2.80. The Labute approximate surface area is 122 Å². The SMILES string of the molecule is Cc1cc(NC(=O)c2ccc3ncccc3c2)ccc1O. The summed E-state index contributed by atoms with van der Waals surface area (Å²) in [7, 11) is 0. The normalized spacial score (nSPS) is 10.5. The van der Waals surface area contributed by atoms with Gasteiger partial charge in [0.25, 0.3) is 5.91 Å². The number of hydrogen-bond acceptors (Lipinski definition) is 3. The lowest BCUT2D eigenvalue weighted by Crippen LogP contribution is -2.11. The van der Waals surface area contributed by atoms with Crippen molar-refractivity contribution in [1.82, 2.24) is 4.98 Å². The highest BCUT2D eigenvalue weighted by Gasteiger charge is 2.08. The summed E-state index contributed by atoms with van der Waals surface area (Å²) in [4.78, 5) is 16.5. The number of carbonyl (C=O) groups excluding carboxylic acids is 1. The number of hydrogen-bond donors (Lipinski definition) is 2. The number of benzene rings is 2. The molecule has 2 N–H and O–H groups in total. The van der Waals surface area contributed by atoms with Crippen molar-refractivity contribution in [2.75, 3.05) is 5.32 Å². The first-order valence-corrected chi connectivity index (χ1v) is 6.59. The third-order valence-electron chi connectivity index (χ3n) is 3.32. The fourth-order valence-electron chi connectivity index (χ4n) is 2.15. The Morgan fingerprint density at radius 3 is 2.81 bits per heavy atom. The van der Waals surface area contributed by atoms with E-state index < -0.39 is 0 Å². The molecule has 0 spiro atoms. The molecule has 0 unspecified atom stereocenters. The van der Waals surface area contributed by atoms with E-state index in [0.29, 0.717) is 11.3 Å². The molecule has 1 heterocycles. The number of amides is 1. The van der Waals surface area contributed by atoms with Crippen LogP contribution in [0.5, 0.6) is 5.75 Å². The van der Waals surface area contributed by atoms with Crippen molar-refractivity contribution < 1.29 is 9.90 Å². The van der Waals surface area contributed by atoms with Crippen molar-refractivity contribution in [3.05, 3.63) is 65.9 Å². The minimum atomic E-state index is -0.189. The Balaban J connectivity index is 1.87. The molecule has 21 heavy (non-hydrogen) atoms. The third-order valence-corrected chi connectivity index (χ3v) is 3.32. The highest BCUT2D eigenvalue weighted by molar-refractivity contribution is 6.06. The topological polar surface area (TPSA) is 62.2 Å². The van der Waals surface area contributed by atoms with E-state index in [1.165, 1.54) is 0 Å². The van der Waals surface area contributed by atoms with E-state index in [4.69, 9.17) is 0 Å². The lowest BCUT2D eigenvalue weighted by Gasteiger charge is -2.07. The number of fused-ring (bicyclic) bond motifs is 1. The molecule has 2 aromatic carbocycles. The summed E-state index contributed by atoms with van der Waals surface area (Å²) in [6, 6.07) is 14.1. The Kier molecular flexibility index (Phi) is 3.28. The van der Waals surface area contributed by atoms with E-state index in [1.54, 1.807) is 37.4 Å². The molecule has 1 amide bonds. The molecule has 0 aliphatic carbocycles. The van der Waals surface area contributed by atoms with Gasteiger partial charge in [0.15, 0.2) is 0 Å². The summed E-state index contributed by atoms with van der Waals surface area (Å²) in [6.07, 6.45) is 1.72. The molecule has 3 aromatic rings. The quantitative estimate of drug-likeness (QED) is 0.705. The Hall–Kier alpha value is -2.88. The molecule has 0 aliphatic heterocycles. The first kappa shape index (κ1) is 13.1. The van der Waals surface area contributed by atoms with Crippen LogP contribution in [0, 0.1) is 6.92 Å². The smallest absolute Gasteiger partial charge is 0.255 e. The summed E-state index contributed by atoms with van der Waals surface area (Å²) < 4.78 is 0. The van der Waals surface area contributed by atoms with E-state index in [1.807, 2.05) is 24.3 Å². The van der Waals surface area contributed by atoms with Crippen LogP contribution in [0.2, 0.25) is 0 Å². The van der Waals surface area contributed by atoms with E-state index in [9.17, 15) is 9.90 Å². The number of nitrogens with zero attached hydrogens (tertiary/aromatic N) is 1. The molecule has 0 saturated heterocycles. The van der Waals surface area contributed by atoms with Gasteiger partial charge < -0.3 is 10.4 Å². The van der Waals surface area contributed by atoms with Crippen LogP contribution in [0.4, 0.5) is 5.69 Å². The molecule has 4 heteroatoms. The first-order valence-electron chi connectivity index (χ1n) is 6.59. The van der Waals surface area contributed by atoms with Gasteiger partial charge in [-0.05, 0) is 55.0 Å². The van der Waals surface area contributed by atoms with Gasteiger partial charge >= 0.3 is 0 Å². The van der Waals surface area contributed by atoms with Crippen LogP contribution in [0.1, 0.15) is 15.9 Å². The predicted molar refractivity (Wildman–Crippen MR) is 82.5 cm³/mol. The predicted octanol–water partition coefficient (Wildman–Crippen LogP) is 3.50. The highest BCUT2D eigenvalue weighted by Crippen LogP contribution is 2.21. The molecule has 0 aliphatic rings. The van der Waals surface area contributed by atoms with Crippen molar-refractivity contribution in [3.8, 4) is 5.75 Å². The number of aromatic hydroxyl groups is 1. The van der Waals surface area contributed by atoms with Crippen molar-refractivity contribution >= 4 is 22.5 Å². The van der Waals surface area contributed by atoms with Gasteiger partial charge in [0.05, 0.1) is 5.52 Å². The van der Waals surface area contributed by atoms with Crippen molar-refractivity contribution in [2.45, 2.75) is 6.92 Å². The zero-order chi connectivity index (χ0) is 14.8. The minimum Gasteiger partial charge on any atom is -0.508 e. The van der Waals surface area contributed by atoms with Crippen LogP contribution in [0.15, 0.2) is 54.7 Å². The van der Waals surface area contributed by atoms with Crippen molar-refractivity contribution in [3.63, 3.8) is 0 Å². The van der Waals surface area contributed by atoms with Crippen LogP contribution in [-0.2, 0) is 0 Å². The van der Waals surface area contributed by atoms with Crippen LogP contribution in [0.3, 0.4) is 0 Å². The van der Waals surface area contributed by atoms with Gasteiger partial charge in [0, 0.05) is 22.8 Å².